The number of hydrogen-bond acceptors (Lipinski definition) is 7. The number of carbonyl (C=O) groups excluding carboxylic acids is 1. The van der Waals surface area contributed by atoms with E-state index in [-0.39, 0.29) is 5.91 Å². The van der Waals surface area contributed by atoms with Gasteiger partial charge in [-0.05, 0) is 60.3 Å². The molecule has 9 heteroatoms. The second-order valence-corrected chi connectivity index (χ2v) is 11.2. The molecule has 0 radical (unpaired) electrons. The average Bonchev–Trinajstić information content (AvgIpc) is 3.46. The maximum atomic E-state index is 13.0. The molecule has 5 aromatic carbocycles. The molecule has 8 nitrogen and oxygen atoms in total. The number of rotatable bonds is 11. The molecule has 0 spiro atoms. The molecule has 1 atom stereocenters. The Morgan fingerprint density at radius 1 is 0.864 bits per heavy atom. The van der Waals surface area contributed by atoms with Crippen LogP contribution in [0.4, 0.5) is 5.69 Å². The lowest BCUT2D eigenvalue weighted by Crippen LogP contribution is -2.27. The van der Waals surface area contributed by atoms with Crippen molar-refractivity contribution in [3.63, 3.8) is 0 Å². The molecule has 6 aromatic rings. The Balaban J connectivity index is 1.13. The molecule has 0 aliphatic heterocycles. The standard InChI is InChI=1S/C35H30N6O2S/c1-25(34(42)39-37-23-26-12-10-19-30(22-26)43-29-17-6-3-7-18-29)44-35-40-38-33(41(35)28-15-4-2-5-16-28)24-36-32-21-11-14-27-13-8-9-20-31(27)32/h2-23,25,36H,24H2,1H3,(H,39,42). The zero-order valence-corrected chi connectivity index (χ0v) is 24.8. The Morgan fingerprint density at radius 3 is 2.41 bits per heavy atom. The summed E-state index contributed by atoms with van der Waals surface area (Å²) in [7, 11) is 0. The summed E-state index contributed by atoms with van der Waals surface area (Å²) in [6.45, 7) is 2.27. The summed E-state index contributed by atoms with van der Waals surface area (Å²) in [6, 6.07) is 41.4. The van der Waals surface area contributed by atoms with Gasteiger partial charge in [-0.25, -0.2) is 5.43 Å². The molecule has 1 amide bonds. The van der Waals surface area contributed by atoms with E-state index < -0.39 is 5.25 Å². The third-order valence-electron chi connectivity index (χ3n) is 6.82. The van der Waals surface area contributed by atoms with Crippen LogP contribution in [0.5, 0.6) is 11.5 Å². The van der Waals surface area contributed by atoms with Crippen LogP contribution >= 0.6 is 11.8 Å². The van der Waals surface area contributed by atoms with E-state index in [4.69, 9.17) is 4.74 Å². The topological polar surface area (TPSA) is 93.4 Å². The fourth-order valence-corrected chi connectivity index (χ4v) is 5.52. The number of nitrogens with zero attached hydrogens (tertiary/aromatic N) is 4. The van der Waals surface area contributed by atoms with Crippen LogP contribution in [-0.4, -0.2) is 32.1 Å². The van der Waals surface area contributed by atoms with Crippen molar-refractivity contribution in [3.8, 4) is 17.2 Å². The first-order valence-electron chi connectivity index (χ1n) is 14.2. The number of aromatic nitrogens is 3. The molecule has 44 heavy (non-hydrogen) atoms. The molecule has 2 N–H and O–H groups in total. The van der Waals surface area contributed by atoms with Gasteiger partial charge in [0.15, 0.2) is 11.0 Å². The fourth-order valence-electron chi connectivity index (χ4n) is 4.64. The summed E-state index contributed by atoms with van der Waals surface area (Å²) in [4.78, 5) is 13.0. The summed E-state index contributed by atoms with van der Waals surface area (Å²) in [5.41, 5.74) is 5.38. The number of carbonyl (C=O) groups is 1. The lowest BCUT2D eigenvalue weighted by Gasteiger charge is -2.14. The Morgan fingerprint density at radius 2 is 1.57 bits per heavy atom. The lowest BCUT2D eigenvalue weighted by atomic mass is 10.1. The summed E-state index contributed by atoms with van der Waals surface area (Å²) in [5.74, 6) is 1.91. The number of anilines is 1. The van der Waals surface area contributed by atoms with Crippen LogP contribution < -0.4 is 15.5 Å². The van der Waals surface area contributed by atoms with Crippen molar-refractivity contribution in [1.29, 1.82) is 0 Å². The van der Waals surface area contributed by atoms with Gasteiger partial charge in [0.05, 0.1) is 18.0 Å². The first kappa shape index (κ1) is 28.7. The van der Waals surface area contributed by atoms with Crippen LogP contribution in [0.2, 0.25) is 0 Å². The fraction of sp³-hybridized carbons (Fsp3) is 0.0857. The molecule has 0 fully saturated rings. The number of ether oxygens (including phenoxy) is 1. The summed E-state index contributed by atoms with van der Waals surface area (Å²) in [5, 5.41) is 19.1. The molecular formula is C35H30N6O2S. The van der Waals surface area contributed by atoms with E-state index in [1.165, 1.54) is 11.8 Å². The Hall–Kier alpha value is -5.41. The Labute approximate surface area is 259 Å². The summed E-state index contributed by atoms with van der Waals surface area (Å²) >= 11 is 1.32. The van der Waals surface area contributed by atoms with Crippen LogP contribution in [0, 0.1) is 0 Å². The van der Waals surface area contributed by atoms with Gasteiger partial charge in [0.25, 0.3) is 5.91 Å². The van der Waals surface area contributed by atoms with Gasteiger partial charge in [-0.1, -0.05) is 96.7 Å². The van der Waals surface area contributed by atoms with Crippen molar-refractivity contribution in [3.05, 3.63) is 139 Å². The SMILES string of the molecule is CC(Sc1nnc(CNc2cccc3ccccc23)n1-c1ccccc1)C(=O)NN=Cc1cccc(Oc2ccccc2)c1. The van der Waals surface area contributed by atoms with Crippen LogP contribution in [0.15, 0.2) is 138 Å². The number of amides is 1. The van der Waals surface area contributed by atoms with Crippen molar-refractivity contribution < 1.29 is 9.53 Å². The van der Waals surface area contributed by atoms with Gasteiger partial charge in [-0.15, -0.1) is 10.2 Å². The maximum Gasteiger partial charge on any atom is 0.253 e. The van der Waals surface area contributed by atoms with Crippen molar-refractivity contribution >= 4 is 40.3 Å². The maximum absolute atomic E-state index is 13.0. The molecule has 0 aliphatic rings. The minimum Gasteiger partial charge on any atom is -0.457 e. The number of para-hydroxylation sites is 2. The molecule has 1 unspecified atom stereocenters. The van der Waals surface area contributed by atoms with Gasteiger partial charge in [-0.3, -0.25) is 9.36 Å². The van der Waals surface area contributed by atoms with Crippen LogP contribution in [0.25, 0.3) is 16.5 Å². The van der Waals surface area contributed by atoms with Gasteiger partial charge >= 0.3 is 0 Å². The third kappa shape index (κ3) is 6.96. The first-order chi connectivity index (χ1) is 21.6. The number of nitrogens with one attached hydrogen (secondary N) is 2. The number of hydrogen-bond donors (Lipinski definition) is 2. The minimum atomic E-state index is -0.481. The molecule has 0 saturated carbocycles. The highest BCUT2D eigenvalue weighted by atomic mass is 32.2. The monoisotopic (exact) mass is 598 g/mol. The molecule has 1 aromatic heterocycles. The van der Waals surface area contributed by atoms with E-state index in [1.54, 1.807) is 6.21 Å². The first-order valence-corrected chi connectivity index (χ1v) is 15.1. The number of fused-ring (bicyclic) bond motifs is 1. The predicted octanol–water partition coefficient (Wildman–Crippen LogP) is 7.46. The van der Waals surface area contributed by atoms with Gasteiger partial charge < -0.3 is 10.1 Å². The van der Waals surface area contributed by atoms with E-state index in [1.807, 2.05) is 115 Å². The van der Waals surface area contributed by atoms with Gasteiger partial charge in [0, 0.05) is 16.8 Å². The molecular weight excluding hydrogens is 568 g/mol. The Kier molecular flexibility index (Phi) is 8.94. The van der Waals surface area contributed by atoms with E-state index in [0.29, 0.717) is 17.5 Å². The quantitative estimate of drug-likeness (QED) is 0.0914. The normalized spacial score (nSPS) is 11.8. The highest BCUT2D eigenvalue weighted by molar-refractivity contribution is 8.00. The number of hydrazone groups is 1. The molecule has 0 bridgehead atoms. The largest absolute Gasteiger partial charge is 0.457 e. The van der Waals surface area contributed by atoms with Crippen LogP contribution in [0.1, 0.15) is 18.3 Å². The van der Waals surface area contributed by atoms with Gasteiger partial charge in [0.1, 0.15) is 11.5 Å². The predicted molar refractivity (Wildman–Crippen MR) is 177 cm³/mol. The molecule has 6 rings (SSSR count). The average molecular weight is 599 g/mol. The van der Waals surface area contributed by atoms with Crippen LogP contribution in [0.3, 0.4) is 0 Å². The second kappa shape index (κ2) is 13.7. The highest BCUT2D eigenvalue weighted by Gasteiger charge is 2.21. The van der Waals surface area contributed by atoms with Crippen molar-refractivity contribution in [1.82, 2.24) is 20.2 Å². The smallest absolute Gasteiger partial charge is 0.253 e. The van der Waals surface area contributed by atoms with Gasteiger partial charge in [-0.2, -0.15) is 5.10 Å². The number of benzene rings is 5. The second-order valence-electron chi connectivity index (χ2n) is 9.93. The van der Waals surface area contributed by atoms with E-state index in [0.717, 1.165) is 39.3 Å². The summed E-state index contributed by atoms with van der Waals surface area (Å²) in [6.07, 6.45) is 1.59. The molecule has 0 saturated heterocycles. The van der Waals surface area contributed by atoms with Crippen molar-refractivity contribution in [2.45, 2.75) is 23.9 Å². The van der Waals surface area contributed by atoms with E-state index in [9.17, 15) is 4.79 Å². The zero-order valence-electron chi connectivity index (χ0n) is 24.0. The molecule has 0 aliphatic carbocycles. The highest BCUT2D eigenvalue weighted by Crippen LogP contribution is 2.28. The van der Waals surface area contributed by atoms with Gasteiger partial charge in [0.2, 0.25) is 0 Å². The third-order valence-corrected chi connectivity index (χ3v) is 7.86. The van der Waals surface area contributed by atoms with E-state index >= 15 is 0 Å². The molecule has 1 heterocycles. The van der Waals surface area contributed by atoms with Crippen molar-refractivity contribution in [2.24, 2.45) is 5.10 Å². The minimum absolute atomic E-state index is 0.249. The zero-order chi connectivity index (χ0) is 30.1. The number of thioether (sulfide) groups is 1. The lowest BCUT2D eigenvalue weighted by molar-refractivity contribution is -0.120. The summed E-state index contributed by atoms with van der Waals surface area (Å²) < 4.78 is 7.87. The molecule has 218 valence electrons. The van der Waals surface area contributed by atoms with E-state index in [2.05, 4.69) is 50.3 Å². The Bertz CT molecular complexity index is 1890. The van der Waals surface area contributed by atoms with Crippen molar-refractivity contribution in [2.75, 3.05) is 5.32 Å². The van der Waals surface area contributed by atoms with Crippen LogP contribution in [-0.2, 0) is 11.3 Å².